The number of hydrogen-bond acceptors (Lipinski definition) is 13. The highest BCUT2D eigenvalue weighted by molar-refractivity contribution is 5.79. The predicted molar refractivity (Wildman–Crippen MR) is 432 cm³/mol. The Labute approximate surface area is 645 Å². The van der Waals surface area contributed by atoms with Gasteiger partial charge in [0.1, 0.15) is 30.5 Å². The Bertz CT molecular complexity index is 2060. The summed E-state index contributed by atoms with van der Waals surface area (Å²) in [4.78, 5) is 87.1. The first kappa shape index (κ1) is 97.8. The van der Waals surface area contributed by atoms with E-state index in [0.29, 0.717) is 38.6 Å². The minimum absolute atomic E-state index is 0.0325. The molecule has 15 nitrogen and oxygen atoms in total. The maximum absolute atomic E-state index is 14.9. The number of nitrogens with zero attached hydrogens (tertiary/aromatic N) is 1. The summed E-state index contributed by atoms with van der Waals surface area (Å²) in [6.07, 6.45) is 60.1. The van der Waals surface area contributed by atoms with E-state index in [9.17, 15) is 33.9 Å². The number of carbonyl (C=O) groups is 6. The lowest BCUT2D eigenvalue weighted by Gasteiger charge is -2.45. The molecule has 616 valence electrons. The van der Waals surface area contributed by atoms with Gasteiger partial charge in [0.15, 0.2) is 6.29 Å². The number of likely N-dealkylation sites (tertiary alicyclic amines) is 1. The van der Waals surface area contributed by atoms with E-state index >= 15 is 0 Å². The van der Waals surface area contributed by atoms with Gasteiger partial charge < -0.3 is 43.7 Å². The molecule has 2 fully saturated rings. The molecule has 0 saturated carbocycles. The number of nitrogens with one attached hydrogen (secondary N) is 1. The van der Waals surface area contributed by atoms with Gasteiger partial charge in [0.25, 0.3) is 0 Å². The van der Waals surface area contributed by atoms with Crippen molar-refractivity contribution in [2.24, 2.45) is 5.92 Å². The van der Waals surface area contributed by atoms with Crippen LogP contribution in [0, 0.1) is 5.92 Å². The Hall–Kier alpha value is -3.30. The monoisotopic (exact) mass is 1490 g/mol. The number of hydrogen-bond donors (Lipinski definition) is 2. The minimum atomic E-state index is -1.23. The number of aliphatic hydroxyl groups excluding tert-OH is 1. The maximum atomic E-state index is 14.9. The molecule has 2 aliphatic rings. The van der Waals surface area contributed by atoms with Gasteiger partial charge in [-0.1, -0.05) is 357 Å². The fourth-order valence-corrected chi connectivity index (χ4v) is 15.6. The molecule has 2 amide bonds. The molecule has 9 atom stereocenters. The van der Waals surface area contributed by atoms with E-state index in [4.69, 9.17) is 28.4 Å². The highest BCUT2D eigenvalue weighted by atomic mass is 16.7. The minimum Gasteiger partial charge on any atom is -0.462 e. The SMILES string of the molecule is CCCCCCCCCCCC(=O)O[C@H](CCCCCCCCCCC)CC(=O)NC1[C@H](OC[C@@H]2CCCN2C(=O)C[C@@H](CCCCCCCCCCC)OC(=O)CCCCCCCCCCC)OC(CO)[C@@H](C)[C@@H]1OC(=O)C[C@@H](CCCCCCCCCCC)OC(=O)CCCCCCCCCCC. The zero-order valence-corrected chi connectivity index (χ0v) is 69.6. The predicted octanol–water partition coefficient (Wildman–Crippen LogP) is 24.2. The van der Waals surface area contributed by atoms with Crippen LogP contribution in [-0.2, 0) is 57.2 Å². The molecular formula is C90H168N2O13. The summed E-state index contributed by atoms with van der Waals surface area (Å²) in [5.74, 6) is -2.58. The van der Waals surface area contributed by atoms with Gasteiger partial charge in [-0.3, -0.25) is 28.8 Å². The van der Waals surface area contributed by atoms with Crippen LogP contribution in [0.25, 0.3) is 0 Å². The first-order chi connectivity index (χ1) is 51.3. The summed E-state index contributed by atoms with van der Waals surface area (Å²) in [7, 11) is 0. The van der Waals surface area contributed by atoms with Crippen LogP contribution in [0.2, 0.25) is 0 Å². The zero-order chi connectivity index (χ0) is 76.3. The second kappa shape index (κ2) is 69.9. The van der Waals surface area contributed by atoms with Gasteiger partial charge in [-0.25, -0.2) is 0 Å². The molecule has 0 bridgehead atoms. The van der Waals surface area contributed by atoms with E-state index in [1.807, 2.05) is 11.8 Å². The number of esters is 4. The summed E-state index contributed by atoms with van der Waals surface area (Å²) in [5, 5.41) is 14.3. The number of rotatable bonds is 75. The van der Waals surface area contributed by atoms with E-state index in [0.717, 1.165) is 148 Å². The van der Waals surface area contributed by atoms with Crippen LogP contribution in [0.1, 0.15) is 466 Å². The van der Waals surface area contributed by atoms with Crippen LogP contribution in [-0.4, -0.2) is 114 Å². The van der Waals surface area contributed by atoms with Crippen LogP contribution < -0.4 is 5.32 Å². The van der Waals surface area contributed by atoms with E-state index in [2.05, 4.69) is 46.9 Å². The fourth-order valence-electron chi connectivity index (χ4n) is 15.6. The van der Waals surface area contributed by atoms with E-state index in [-0.39, 0.29) is 68.6 Å². The van der Waals surface area contributed by atoms with Gasteiger partial charge in [-0.15, -0.1) is 0 Å². The molecule has 0 aliphatic carbocycles. The zero-order valence-electron chi connectivity index (χ0n) is 69.6. The molecule has 105 heavy (non-hydrogen) atoms. The number of carbonyl (C=O) groups excluding carboxylic acids is 6. The molecule has 2 N–H and O–H groups in total. The van der Waals surface area contributed by atoms with E-state index in [1.54, 1.807) is 0 Å². The van der Waals surface area contributed by atoms with Crippen molar-refractivity contribution in [1.82, 2.24) is 10.2 Å². The van der Waals surface area contributed by atoms with Crippen molar-refractivity contribution >= 4 is 35.7 Å². The molecule has 2 heterocycles. The first-order valence-electron chi connectivity index (χ1n) is 45.6. The number of unbranched alkanes of at least 4 members (excludes halogenated alkanes) is 48. The van der Waals surface area contributed by atoms with Crippen molar-refractivity contribution in [2.45, 2.75) is 515 Å². The largest absolute Gasteiger partial charge is 0.462 e. The van der Waals surface area contributed by atoms with Gasteiger partial charge in [-0.2, -0.15) is 0 Å². The Morgan fingerprint density at radius 1 is 0.400 bits per heavy atom. The lowest BCUT2D eigenvalue weighted by molar-refractivity contribution is -0.261. The van der Waals surface area contributed by atoms with Crippen LogP contribution in [0.3, 0.4) is 0 Å². The average Bonchev–Trinajstić information content (AvgIpc) is 1.10. The number of aliphatic hydroxyl groups is 1. The fraction of sp³-hybridized carbons (Fsp3) is 0.933. The average molecular weight is 1490 g/mol. The van der Waals surface area contributed by atoms with Gasteiger partial charge in [-0.05, 0) is 70.6 Å². The highest BCUT2D eigenvalue weighted by Crippen LogP contribution is 2.33. The molecule has 15 heteroatoms. The lowest BCUT2D eigenvalue weighted by Crippen LogP contribution is -2.63. The summed E-state index contributed by atoms with van der Waals surface area (Å²) in [5.41, 5.74) is 0. The molecule has 0 aromatic carbocycles. The molecule has 2 rings (SSSR count). The van der Waals surface area contributed by atoms with Gasteiger partial charge in [0, 0.05) is 31.7 Å². The summed E-state index contributed by atoms with van der Waals surface area (Å²) < 4.78 is 38.7. The number of ether oxygens (including phenoxy) is 6. The van der Waals surface area contributed by atoms with E-state index in [1.165, 1.54) is 205 Å². The third-order valence-corrected chi connectivity index (χ3v) is 22.4. The van der Waals surface area contributed by atoms with Crippen molar-refractivity contribution < 1.29 is 62.3 Å². The smallest absolute Gasteiger partial charge is 0.309 e. The normalized spacial score (nSPS) is 18.3. The van der Waals surface area contributed by atoms with Crippen molar-refractivity contribution in [3.05, 3.63) is 0 Å². The quantitative estimate of drug-likeness (QED) is 0.0332. The van der Waals surface area contributed by atoms with Gasteiger partial charge in [0.2, 0.25) is 11.8 Å². The summed E-state index contributed by atoms with van der Waals surface area (Å²) in [6, 6.07) is -1.44. The molecule has 2 aliphatic heterocycles. The lowest BCUT2D eigenvalue weighted by atomic mass is 9.88. The molecular weight excluding hydrogens is 1320 g/mol. The van der Waals surface area contributed by atoms with Crippen molar-refractivity contribution in [1.29, 1.82) is 0 Å². The van der Waals surface area contributed by atoms with Crippen LogP contribution >= 0.6 is 0 Å². The van der Waals surface area contributed by atoms with Crippen molar-refractivity contribution in [3.8, 4) is 0 Å². The third kappa shape index (κ3) is 53.3. The van der Waals surface area contributed by atoms with Crippen LogP contribution in [0.5, 0.6) is 0 Å². The van der Waals surface area contributed by atoms with Crippen molar-refractivity contribution in [3.63, 3.8) is 0 Å². The molecule has 2 saturated heterocycles. The summed E-state index contributed by atoms with van der Waals surface area (Å²) >= 11 is 0. The molecule has 0 aromatic heterocycles. The van der Waals surface area contributed by atoms with Crippen LogP contribution in [0.4, 0.5) is 0 Å². The van der Waals surface area contributed by atoms with Crippen molar-refractivity contribution in [2.75, 3.05) is 19.8 Å². The Morgan fingerprint density at radius 3 is 1.04 bits per heavy atom. The Kier molecular flexibility index (Phi) is 65.1. The number of amides is 2. The first-order valence-corrected chi connectivity index (χ1v) is 45.6. The van der Waals surface area contributed by atoms with E-state index < -0.39 is 67.3 Å². The third-order valence-electron chi connectivity index (χ3n) is 22.4. The second-order valence-corrected chi connectivity index (χ2v) is 32.4. The summed E-state index contributed by atoms with van der Waals surface area (Å²) in [6.45, 7) is 15.4. The highest BCUT2D eigenvalue weighted by Gasteiger charge is 2.48. The maximum Gasteiger partial charge on any atom is 0.309 e. The van der Waals surface area contributed by atoms with Gasteiger partial charge >= 0.3 is 23.9 Å². The van der Waals surface area contributed by atoms with Gasteiger partial charge in [0.05, 0.1) is 44.6 Å². The molecule has 2 unspecified atom stereocenters. The standard InChI is InChI=1S/C90H168N2O13/c1-8-14-20-26-32-38-44-50-56-64-78(101-84(96)67-59-53-47-41-35-29-23-17-11-4)71-82(94)91-88-89(105-87(99)73-80(66-58-52-46-40-34-28-22-16-10-3)103-86(98)69-61-55-49-43-37-31-25-19-13-6)76(7)81(74-93)104-90(88)100-75-77-63-62-70-92(77)83(95)72-79(65-57-51-45-39-33-27-21-15-9-2)102-85(97)68-60-54-48-42-36-30-24-18-12-5/h76-81,88-90,93H,8-75H2,1-7H3,(H,91,94)/t76-,77+,78-,79-,80-,81?,88?,89+,90-/m1/s1. The Balaban J connectivity index is 2.49. The molecule has 0 radical (unpaired) electrons. The Morgan fingerprint density at radius 2 is 0.705 bits per heavy atom. The van der Waals surface area contributed by atoms with Crippen LogP contribution in [0.15, 0.2) is 0 Å². The second-order valence-electron chi connectivity index (χ2n) is 32.4. The molecule has 0 aromatic rings. The topological polar surface area (TPSA) is 193 Å². The molecule has 0 spiro atoms.